The maximum atomic E-state index is 4.50. The molecular weight excluding hydrogens is 218 g/mol. The summed E-state index contributed by atoms with van der Waals surface area (Å²) in [5.41, 5.74) is 2.51. The maximum Gasteiger partial charge on any atom is 0.0762 e. The van der Waals surface area contributed by atoms with E-state index in [0.29, 0.717) is 0 Å². The number of aromatic nitrogens is 2. The van der Waals surface area contributed by atoms with Crippen LogP contribution in [-0.4, -0.2) is 16.3 Å². The molecule has 0 aliphatic rings. The van der Waals surface area contributed by atoms with E-state index in [1.807, 2.05) is 4.68 Å². The molecule has 3 nitrogen and oxygen atoms in total. The summed E-state index contributed by atoms with van der Waals surface area (Å²) < 4.78 is 2.02. The lowest BCUT2D eigenvalue weighted by Gasteiger charge is -2.00. The highest BCUT2D eigenvalue weighted by Crippen LogP contribution is 2.07. The van der Waals surface area contributed by atoms with Crippen LogP contribution in [-0.2, 0) is 19.5 Å². The van der Waals surface area contributed by atoms with Gasteiger partial charge in [0.1, 0.15) is 0 Å². The number of hydrogen-bond donors (Lipinski definition) is 1. The number of hydrogen-bond acceptors (Lipinski definition) is 3. The molecule has 0 aliphatic heterocycles. The summed E-state index contributed by atoms with van der Waals surface area (Å²) in [6, 6.07) is 4.25. The summed E-state index contributed by atoms with van der Waals surface area (Å²) in [5.74, 6) is 0. The molecule has 0 spiro atoms. The van der Waals surface area contributed by atoms with Crippen LogP contribution >= 0.6 is 11.3 Å². The highest BCUT2D eigenvalue weighted by molar-refractivity contribution is 7.07. The van der Waals surface area contributed by atoms with Gasteiger partial charge < -0.3 is 5.32 Å². The number of rotatable bonds is 6. The zero-order valence-electron chi connectivity index (χ0n) is 9.52. The Morgan fingerprint density at radius 3 is 3.12 bits per heavy atom. The summed E-state index contributed by atoms with van der Waals surface area (Å²) in [5, 5.41) is 12.1. The quantitative estimate of drug-likeness (QED) is 0.832. The number of aryl methyl sites for hydroxylation is 2. The SMILES string of the molecule is CCNCc1ccn(CCc2ccsc2)n1. The first-order valence-electron chi connectivity index (χ1n) is 5.62. The lowest BCUT2D eigenvalue weighted by molar-refractivity contribution is 0.595. The predicted molar refractivity (Wildman–Crippen MR) is 67.6 cm³/mol. The van der Waals surface area contributed by atoms with Crippen molar-refractivity contribution in [1.82, 2.24) is 15.1 Å². The largest absolute Gasteiger partial charge is 0.311 e. The number of nitrogens with zero attached hydrogens (tertiary/aromatic N) is 2. The summed E-state index contributed by atoms with van der Waals surface area (Å²) in [4.78, 5) is 0. The van der Waals surface area contributed by atoms with Crippen LogP contribution in [0.5, 0.6) is 0 Å². The van der Waals surface area contributed by atoms with E-state index in [-0.39, 0.29) is 0 Å². The van der Waals surface area contributed by atoms with Crippen LogP contribution in [0, 0.1) is 0 Å². The first kappa shape index (κ1) is 11.4. The van der Waals surface area contributed by atoms with Crippen molar-refractivity contribution in [3.05, 3.63) is 40.3 Å². The average Bonchev–Trinajstić information content (AvgIpc) is 2.95. The molecule has 0 radical (unpaired) electrons. The Labute approximate surface area is 100 Å². The van der Waals surface area contributed by atoms with Crippen molar-refractivity contribution >= 4 is 11.3 Å². The molecule has 16 heavy (non-hydrogen) atoms. The fourth-order valence-corrected chi connectivity index (χ4v) is 2.26. The van der Waals surface area contributed by atoms with Crippen LogP contribution in [0.1, 0.15) is 18.2 Å². The molecule has 1 N–H and O–H groups in total. The van der Waals surface area contributed by atoms with Crippen molar-refractivity contribution in [2.24, 2.45) is 0 Å². The zero-order valence-corrected chi connectivity index (χ0v) is 10.3. The Morgan fingerprint density at radius 1 is 1.44 bits per heavy atom. The fraction of sp³-hybridized carbons (Fsp3) is 0.417. The minimum atomic E-state index is 0.863. The zero-order chi connectivity index (χ0) is 11.2. The van der Waals surface area contributed by atoms with Crippen LogP contribution in [0.25, 0.3) is 0 Å². The topological polar surface area (TPSA) is 29.9 Å². The van der Waals surface area contributed by atoms with Crippen molar-refractivity contribution in [1.29, 1.82) is 0 Å². The van der Waals surface area contributed by atoms with E-state index in [0.717, 1.165) is 31.7 Å². The molecule has 86 valence electrons. The molecule has 0 saturated carbocycles. The third-order valence-corrected chi connectivity index (χ3v) is 3.19. The van der Waals surface area contributed by atoms with Crippen molar-refractivity contribution in [3.8, 4) is 0 Å². The van der Waals surface area contributed by atoms with Gasteiger partial charge in [0.25, 0.3) is 0 Å². The molecule has 0 aliphatic carbocycles. The second-order valence-corrected chi connectivity index (χ2v) is 4.51. The van der Waals surface area contributed by atoms with E-state index in [2.05, 4.69) is 46.4 Å². The minimum absolute atomic E-state index is 0.863. The van der Waals surface area contributed by atoms with E-state index < -0.39 is 0 Å². The third kappa shape index (κ3) is 3.18. The van der Waals surface area contributed by atoms with Crippen LogP contribution in [0.4, 0.5) is 0 Å². The molecule has 2 rings (SSSR count). The van der Waals surface area contributed by atoms with Crippen molar-refractivity contribution in [3.63, 3.8) is 0 Å². The highest BCUT2D eigenvalue weighted by Gasteiger charge is 1.99. The normalized spacial score (nSPS) is 10.8. The molecule has 0 fully saturated rings. The summed E-state index contributed by atoms with van der Waals surface area (Å²) in [6.07, 6.45) is 3.12. The second kappa shape index (κ2) is 5.82. The van der Waals surface area contributed by atoms with Crippen LogP contribution < -0.4 is 5.32 Å². The van der Waals surface area contributed by atoms with Gasteiger partial charge in [0, 0.05) is 19.3 Å². The molecular formula is C12H17N3S. The molecule has 2 aromatic rings. The van der Waals surface area contributed by atoms with Gasteiger partial charge in [0.2, 0.25) is 0 Å². The van der Waals surface area contributed by atoms with Gasteiger partial charge in [-0.1, -0.05) is 6.92 Å². The molecule has 0 unspecified atom stereocenters. The lowest BCUT2D eigenvalue weighted by Crippen LogP contribution is -2.12. The van der Waals surface area contributed by atoms with Gasteiger partial charge in [-0.25, -0.2) is 0 Å². The van der Waals surface area contributed by atoms with Gasteiger partial charge in [-0.3, -0.25) is 4.68 Å². The first-order chi connectivity index (χ1) is 7.88. The van der Waals surface area contributed by atoms with Gasteiger partial charge >= 0.3 is 0 Å². The number of nitrogens with one attached hydrogen (secondary N) is 1. The van der Waals surface area contributed by atoms with Gasteiger partial charge in [-0.15, -0.1) is 0 Å². The summed E-state index contributed by atoms with van der Waals surface area (Å²) in [7, 11) is 0. The predicted octanol–water partition coefficient (Wildman–Crippen LogP) is 2.30. The van der Waals surface area contributed by atoms with Crippen LogP contribution in [0.15, 0.2) is 29.1 Å². The van der Waals surface area contributed by atoms with Crippen molar-refractivity contribution in [2.45, 2.75) is 26.4 Å². The molecule has 0 atom stereocenters. The Balaban J connectivity index is 1.83. The second-order valence-electron chi connectivity index (χ2n) is 3.73. The number of thiophene rings is 1. The molecule has 0 saturated heterocycles. The molecule has 2 aromatic heterocycles. The highest BCUT2D eigenvalue weighted by atomic mass is 32.1. The van der Waals surface area contributed by atoms with Crippen LogP contribution in [0.2, 0.25) is 0 Å². The Hall–Kier alpha value is -1.13. The monoisotopic (exact) mass is 235 g/mol. The Kier molecular flexibility index (Phi) is 4.13. The molecule has 0 amide bonds. The Morgan fingerprint density at radius 2 is 2.38 bits per heavy atom. The minimum Gasteiger partial charge on any atom is -0.311 e. The van der Waals surface area contributed by atoms with Crippen LogP contribution in [0.3, 0.4) is 0 Å². The van der Waals surface area contributed by atoms with E-state index in [9.17, 15) is 0 Å². The van der Waals surface area contributed by atoms with E-state index in [1.165, 1.54) is 5.56 Å². The molecule has 0 aromatic carbocycles. The van der Waals surface area contributed by atoms with E-state index >= 15 is 0 Å². The third-order valence-electron chi connectivity index (χ3n) is 2.46. The molecule has 2 heterocycles. The smallest absolute Gasteiger partial charge is 0.0762 e. The lowest BCUT2D eigenvalue weighted by atomic mass is 10.2. The van der Waals surface area contributed by atoms with Gasteiger partial charge in [-0.2, -0.15) is 16.4 Å². The van der Waals surface area contributed by atoms with E-state index in [1.54, 1.807) is 11.3 Å². The standard InChI is InChI=1S/C12H17N3S/c1-2-13-9-12-4-7-15(14-12)6-3-11-5-8-16-10-11/h4-5,7-8,10,13H,2-3,6,9H2,1H3. The fourth-order valence-electron chi connectivity index (χ4n) is 1.55. The summed E-state index contributed by atoms with van der Waals surface area (Å²) >= 11 is 1.75. The molecule has 4 heteroatoms. The van der Waals surface area contributed by atoms with Crippen molar-refractivity contribution < 1.29 is 0 Å². The Bertz CT molecular complexity index is 406. The average molecular weight is 235 g/mol. The molecule has 0 bridgehead atoms. The first-order valence-corrected chi connectivity index (χ1v) is 6.57. The van der Waals surface area contributed by atoms with Crippen molar-refractivity contribution in [2.75, 3.05) is 6.54 Å². The maximum absolute atomic E-state index is 4.50. The van der Waals surface area contributed by atoms with Gasteiger partial charge in [0.05, 0.1) is 5.69 Å². The van der Waals surface area contributed by atoms with Gasteiger partial charge in [-0.05, 0) is 41.4 Å². The van der Waals surface area contributed by atoms with Gasteiger partial charge in [0.15, 0.2) is 0 Å². The van der Waals surface area contributed by atoms with E-state index in [4.69, 9.17) is 0 Å². The summed E-state index contributed by atoms with van der Waals surface area (Å²) in [6.45, 7) is 4.92.